The number of benzene rings is 2. The molecule has 3 aromatic rings. The molecule has 8 nitrogen and oxygen atoms in total. The number of urea groups is 1. The number of aromatic nitrogens is 2. The Morgan fingerprint density at radius 2 is 1.83 bits per heavy atom. The predicted octanol–water partition coefficient (Wildman–Crippen LogP) is 2.11. The fraction of sp³-hybridized carbons (Fsp3) is 0.143. The highest BCUT2D eigenvalue weighted by molar-refractivity contribution is 6.07. The van der Waals surface area contributed by atoms with E-state index in [1.165, 1.54) is 0 Å². The van der Waals surface area contributed by atoms with E-state index < -0.39 is 17.5 Å². The Bertz CT molecular complexity index is 1060. The minimum atomic E-state index is -1.12. The van der Waals surface area contributed by atoms with Crippen molar-refractivity contribution in [3.05, 3.63) is 78.1 Å². The molecule has 0 saturated carbocycles. The first kappa shape index (κ1) is 18.4. The molecule has 1 aliphatic heterocycles. The van der Waals surface area contributed by atoms with Crippen LogP contribution in [0.5, 0.6) is 0 Å². The molecule has 146 valence electrons. The highest BCUT2D eigenvalue weighted by Gasteiger charge is 2.43. The Balaban J connectivity index is 1.39. The first-order valence-corrected chi connectivity index (χ1v) is 9.07. The van der Waals surface area contributed by atoms with Gasteiger partial charge in [0.05, 0.1) is 12.1 Å². The second-order valence-corrected chi connectivity index (χ2v) is 6.95. The number of anilines is 1. The summed E-state index contributed by atoms with van der Waals surface area (Å²) in [5.74, 6) is -0.555. The van der Waals surface area contributed by atoms with E-state index in [1.807, 2.05) is 36.5 Å². The molecule has 4 amide bonds. The van der Waals surface area contributed by atoms with E-state index >= 15 is 0 Å². The molecule has 0 bridgehead atoms. The molecule has 29 heavy (non-hydrogen) atoms. The molecule has 1 atom stereocenters. The molecule has 8 heteroatoms. The number of carbonyl (C=O) groups is 3. The fourth-order valence-corrected chi connectivity index (χ4v) is 3.21. The van der Waals surface area contributed by atoms with Crippen molar-refractivity contribution in [2.75, 3.05) is 5.32 Å². The first-order chi connectivity index (χ1) is 13.9. The van der Waals surface area contributed by atoms with E-state index in [0.29, 0.717) is 11.3 Å². The zero-order valence-corrected chi connectivity index (χ0v) is 15.7. The van der Waals surface area contributed by atoms with Gasteiger partial charge in [0.1, 0.15) is 5.54 Å². The number of amides is 4. The summed E-state index contributed by atoms with van der Waals surface area (Å²) in [5.41, 5.74) is 1.93. The standard InChI is InChI=1S/C21H19N5O3/c1-21(19(28)24-20(29)25-21)15-5-7-16(8-6-15)23-18(27)13-14-3-9-17(10-4-14)26-12-2-11-22-26/h2-12H,13H2,1H3,(H,23,27)(H2,24,25,28,29). The summed E-state index contributed by atoms with van der Waals surface area (Å²) in [7, 11) is 0. The molecular formula is C21H19N5O3. The maximum absolute atomic E-state index is 12.3. The normalized spacial score (nSPS) is 18.2. The van der Waals surface area contributed by atoms with Crippen LogP contribution < -0.4 is 16.0 Å². The van der Waals surface area contributed by atoms with Gasteiger partial charge in [0.15, 0.2) is 0 Å². The smallest absolute Gasteiger partial charge is 0.322 e. The fourth-order valence-electron chi connectivity index (χ4n) is 3.21. The number of imide groups is 1. The summed E-state index contributed by atoms with van der Waals surface area (Å²) >= 11 is 0. The number of hydrogen-bond acceptors (Lipinski definition) is 4. The van der Waals surface area contributed by atoms with Crippen LogP contribution in [0.25, 0.3) is 5.69 Å². The summed E-state index contributed by atoms with van der Waals surface area (Å²) in [4.78, 5) is 35.8. The molecule has 1 saturated heterocycles. The highest BCUT2D eigenvalue weighted by Crippen LogP contribution is 2.25. The summed E-state index contributed by atoms with van der Waals surface area (Å²) in [6, 6.07) is 15.8. The summed E-state index contributed by atoms with van der Waals surface area (Å²) in [6.07, 6.45) is 3.80. The van der Waals surface area contributed by atoms with Crippen molar-refractivity contribution in [1.82, 2.24) is 20.4 Å². The van der Waals surface area contributed by atoms with E-state index in [4.69, 9.17) is 0 Å². The molecule has 3 N–H and O–H groups in total. The molecule has 0 radical (unpaired) electrons. The Kier molecular flexibility index (Phi) is 4.59. The van der Waals surface area contributed by atoms with Crippen molar-refractivity contribution in [3.63, 3.8) is 0 Å². The second kappa shape index (κ2) is 7.23. The molecule has 2 aromatic carbocycles. The molecular weight excluding hydrogens is 370 g/mol. The average molecular weight is 389 g/mol. The van der Waals surface area contributed by atoms with E-state index in [1.54, 1.807) is 42.1 Å². The maximum Gasteiger partial charge on any atom is 0.322 e. The van der Waals surface area contributed by atoms with Crippen molar-refractivity contribution in [1.29, 1.82) is 0 Å². The lowest BCUT2D eigenvalue weighted by Crippen LogP contribution is -2.40. The van der Waals surface area contributed by atoms with Crippen LogP contribution in [-0.2, 0) is 21.5 Å². The second-order valence-electron chi connectivity index (χ2n) is 6.95. The van der Waals surface area contributed by atoms with E-state index in [2.05, 4.69) is 21.0 Å². The molecule has 0 aliphatic carbocycles. The van der Waals surface area contributed by atoms with Crippen molar-refractivity contribution in [3.8, 4) is 5.69 Å². The van der Waals surface area contributed by atoms with Crippen LogP contribution in [0.2, 0.25) is 0 Å². The third-order valence-corrected chi connectivity index (χ3v) is 4.86. The van der Waals surface area contributed by atoms with E-state index in [0.717, 1.165) is 11.3 Å². The summed E-state index contributed by atoms with van der Waals surface area (Å²) < 4.78 is 1.75. The maximum atomic E-state index is 12.3. The number of nitrogens with zero attached hydrogens (tertiary/aromatic N) is 2. The van der Waals surface area contributed by atoms with Crippen LogP contribution in [0.1, 0.15) is 18.1 Å². The zero-order chi connectivity index (χ0) is 20.4. The quantitative estimate of drug-likeness (QED) is 0.581. The predicted molar refractivity (Wildman–Crippen MR) is 106 cm³/mol. The number of rotatable bonds is 5. The van der Waals surface area contributed by atoms with Crippen molar-refractivity contribution < 1.29 is 14.4 Å². The minimum absolute atomic E-state index is 0.150. The van der Waals surface area contributed by atoms with E-state index in [-0.39, 0.29) is 12.3 Å². The van der Waals surface area contributed by atoms with Gasteiger partial charge in [-0.05, 0) is 48.4 Å². The third-order valence-electron chi connectivity index (χ3n) is 4.86. The van der Waals surface area contributed by atoms with Crippen LogP contribution in [-0.4, -0.2) is 27.6 Å². The largest absolute Gasteiger partial charge is 0.326 e. The Labute approximate surface area is 166 Å². The van der Waals surface area contributed by atoms with Crippen LogP contribution >= 0.6 is 0 Å². The lowest BCUT2D eigenvalue weighted by Gasteiger charge is -2.21. The molecule has 2 heterocycles. The molecule has 1 aliphatic rings. The van der Waals surface area contributed by atoms with Gasteiger partial charge in [-0.15, -0.1) is 0 Å². The lowest BCUT2D eigenvalue weighted by molar-refractivity contribution is -0.123. The van der Waals surface area contributed by atoms with Gasteiger partial charge in [0.25, 0.3) is 5.91 Å². The minimum Gasteiger partial charge on any atom is -0.326 e. The van der Waals surface area contributed by atoms with Crippen LogP contribution in [0.15, 0.2) is 67.0 Å². The van der Waals surface area contributed by atoms with Gasteiger partial charge < -0.3 is 10.6 Å². The van der Waals surface area contributed by atoms with Crippen LogP contribution in [0.3, 0.4) is 0 Å². The average Bonchev–Trinajstić information content (AvgIpc) is 3.31. The zero-order valence-electron chi connectivity index (χ0n) is 15.7. The lowest BCUT2D eigenvalue weighted by atomic mass is 9.92. The molecule has 0 spiro atoms. The van der Waals surface area contributed by atoms with Crippen LogP contribution in [0, 0.1) is 0 Å². The van der Waals surface area contributed by atoms with Gasteiger partial charge in [0, 0.05) is 18.1 Å². The summed E-state index contributed by atoms with van der Waals surface area (Å²) in [5, 5.41) is 11.8. The summed E-state index contributed by atoms with van der Waals surface area (Å²) in [6.45, 7) is 1.63. The molecule has 1 aromatic heterocycles. The number of hydrogen-bond donors (Lipinski definition) is 3. The topological polar surface area (TPSA) is 105 Å². The van der Waals surface area contributed by atoms with E-state index in [9.17, 15) is 14.4 Å². The van der Waals surface area contributed by atoms with Crippen LogP contribution in [0.4, 0.5) is 10.5 Å². The highest BCUT2D eigenvalue weighted by atomic mass is 16.2. The Hall–Kier alpha value is -3.94. The van der Waals surface area contributed by atoms with Gasteiger partial charge >= 0.3 is 6.03 Å². The molecule has 4 rings (SSSR count). The number of nitrogens with one attached hydrogen (secondary N) is 3. The SMILES string of the molecule is CC1(c2ccc(NC(=O)Cc3ccc(-n4cccn4)cc3)cc2)NC(=O)NC1=O. The monoisotopic (exact) mass is 389 g/mol. The van der Waals surface area contributed by atoms with Gasteiger partial charge in [-0.2, -0.15) is 5.10 Å². The first-order valence-electron chi connectivity index (χ1n) is 9.07. The molecule has 1 fully saturated rings. The van der Waals surface area contributed by atoms with Gasteiger partial charge in [0.2, 0.25) is 5.91 Å². The van der Waals surface area contributed by atoms with Crippen molar-refractivity contribution in [2.45, 2.75) is 18.9 Å². The van der Waals surface area contributed by atoms with Gasteiger partial charge in [-0.25, -0.2) is 9.48 Å². The third kappa shape index (κ3) is 3.73. The Morgan fingerprint density at radius 1 is 1.10 bits per heavy atom. The van der Waals surface area contributed by atoms with Gasteiger partial charge in [-0.3, -0.25) is 14.9 Å². The van der Waals surface area contributed by atoms with Crippen molar-refractivity contribution in [2.24, 2.45) is 0 Å². The molecule has 1 unspecified atom stereocenters. The van der Waals surface area contributed by atoms with Gasteiger partial charge in [-0.1, -0.05) is 24.3 Å². The van der Waals surface area contributed by atoms with Crippen molar-refractivity contribution >= 4 is 23.5 Å². The number of carbonyl (C=O) groups excluding carboxylic acids is 3. The Morgan fingerprint density at radius 3 is 2.41 bits per heavy atom.